The molecule has 1 aliphatic rings. The van der Waals surface area contributed by atoms with Crippen molar-refractivity contribution < 1.29 is 38.8 Å². The summed E-state index contributed by atoms with van der Waals surface area (Å²) >= 11 is 1.66. The van der Waals surface area contributed by atoms with Crippen LogP contribution in [0.15, 0.2) is 36.4 Å². The van der Waals surface area contributed by atoms with Gasteiger partial charge < -0.3 is 24.4 Å². The number of aliphatic hydroxyl groups excluding tert-OH is 2. The Labute approximate surface area is 249 Å². The number of hydrogen-bond donors (Lipinski definition) is 2. The van der Waals surface area contributed by atoms with Crippen molar-refractivity contribution in [3.05, 3.63) is 47.5 Å². The molecular formula is C32H48O8S. The van der Waals surface area contributed by atoms with Gasteiger partial charge in [0, 0.05) is 38.2 Å². The van der Waals surface area contributed by atoms with Crippen molar-refractivity contribution in [3.8, 4) is 0 Å². The molecule has 41 heavy (non-hydrogen) atoms. The minimum atomic E-state index is -0.738. The van der Waals surface area contributed by atoms with Gasteiger partial charge in [-0.25, -0.2) is 0 Å². The van der Waals surface area contributed by atoms with Gasteiger partial charge in [0.1, 0.15) is 19.0 Å². The summed E-state index contributed by atoms with van der Waals surface area (Å²) in [7, 11) is 1.64. The molecule has 0 heterocycles. The molecule has 1 aliphatic carbocycles. The van der Waals surface area contributed by atoms with Crippen LogP contribution in [-0.4, -0.2) is 72.0 Å². The third-order valence-electron chi connectivity index (χ3n) is 7.29. The minimum Gasteiger partial charge on any atom is -0.462 e. The fourth-order valence-corrected chi connectivity index (χ4v) is 6.06. The second-order valence-electron chi connectivity index (χ2n) is 11.3. The fraction of sp³-hybridized carbons (Fsp3) is 0.656. The van der Waals surface area contributed by atoms with Gasteiger partial charge in [-0.15, -0.1) is 0 Å². The summed E-state index contributed by atoms with van der Waals surface area (Å²) in [5.41, 5.74) is 1.50. The summed E-state index contributed by atoms with van der Waals surface area (Å²) in [4.78, 5) is 36.6. The molecule has 4 atom stereocenters. The van der Waals surface area contributed by atoms with E-state index in [0.717, 1.165) is 35.5 Å². The van der Waals surface area contributed by atoms with Crippen LogP contribution in [0.3, 0.4) is 0 Å². The summed E-state index contributed by atoms with van der Waals surface area (Å²) in [5, 5.41) is 21.0. The summed E-state index contributed by atoms with van der Waals surface area (Å²) in [6, 6.07) is 7.87. The number of aliphatic hydroxyl groups is 2. The van der Waals surface area contributed by atoms with Crippen LogP contribution in [0.5, 0.6) is 0 Å². The Kier molecular flexibility index (Phi) is 15.7. The van der Waals surface area contributed by atoms with Gasteiger partial charge in [0.05, 0.1) is 24.2 Å². The predicted octanol–water partition coefficient (Wildman–Crippen LogP) is 4.67. The Morgan fingerprint density at radius 1 is 1.17 bits per heavy atom. The van der Waals surface area contributed by atoms with Crippen LogP contribution < -0.4 is 0 Å². The molecule has 9 heteroatoms. The van der Waals surface area contributed by atoms with Gasteiger partial charge in [0.25, 0.3) is 0 Å². The Bertz CT molecular complexity index is 992. The zero-order chi connectivity index (χ0) is 30.3. The largest absolute Gasteiger partial charge is 0.462 e. The molecule has 0 spiro atoms. The molecule has 0 amide bonds. The van der Waals surface area contributed by atoms with Gasteiger partial charge in [-0.05, 0) is 55.7 Å². The first kappa shape index (κ1) is 35.0. The summed E-state index contributed by atoms with van der Waals surface area (Å²) in [6.45, 7) is 6.33. The maximum atomic E-state index is 12.5. The second-order valence-corrected chi connectivity index (χ2v) is 12.6. The smallest absolute Gasteiger partial charge is 0.311 e. The van der Waals surface area contributed by atoms with Gasteiger partial charge in [0.15, 0.2) is 0 Å². The number of hydrogen-bond acceptors (Lipinski definition) is 9. The second kappa shape index (κ2) is 18.4. The number of thioether (sulfide) groups is 1. The molecule has 0 aromatic heterocycles. The highest BCUT2D eigenvalue weighted by Crippen LogP contribution is 2.34. The molecule has 1 fully saturated rings. The van der Waals surface area contributed by atoms with Crippen LogP contribution in [0, 0.1) is 17.3 Å². The van der Waals surface area contributed by atoms with E-state index in [0.29, 0.717) is 25.9 Å². The predicted molar refractivity (Wildman–Crippen MR) is 160 cm³/mol. The molecule has 230 valence electrons. The van der Waals surface area contributed by atoms with E-state index in [1.807, 2.05) is 45.0 Å². The molecule has 0 aliphatic heterocycles. The van der Waals surface area contributed by atoms with Crippen LogP contribution in [0.4, 0.5) is 0 Å². The number of ether oxygens (including phenoxy) is 3. The Hall–Kier alpha value is -2.20. The van der Waals surface area contributed by atoms with E-state index in [1.165, 1.54) is 0 Å². The van der Waals surface area contributed by atoms with Crippen molar-refractivity contribution in [2.75, 3.05) is 31.8 Å². The third kappa shape index (κ3) is 12.7. The average Bonchev–Trinajstić information content (AvgIpc) is 3.19. The number of benzene rings is 1. The lowest BCUT2D eigenvalue weighted by atomic mass is 9.88. The molecule has 0 radical (unpaired) electrons. The van der Waals surface area contributed by atoms with Gasteiger partial charge >= 0.3 is 11.9 Å². The molecule has 0 unspecified atom stereocenters. The first-order chi connectivity index (χ1) is 19.6. The standard InChI is InChI=1S/C32H48O8S/c1-5-14-32(2,3)31(37)40-16-15-39-30(36)10-7-17-41-18-13-27-26(28(34)21-29(27)35)12-11-25(33)20-23-8-6-9-24(19-23)22-38-4/h6,8-9,11-12,19,25-28,33-34H,5,7,10,13-18,20-22H2,1-4H3/b12-11+/t25-,26+,27-,28-/m1/s1. The number of esters is 2. The number of rotatable bonds is 19. The normalized spacial score (nSPS) is 20.0. The maximum absolute atomic E-state index is 12.5. The van der Waals surface area contributed by atoms with Crippen molar-refractivity contribution in [1.29, 1.82) is 0 Å². The highest BCUT2D eigenvalue weighted by molar-refractivity contribution is 7.99. The highest BCUT2D eigenvalue weighted by Gasteiger charge is 2.39. The van der Waals surface area contributed by atoms with Gasteiger partial charge in [-0.2, -0.15) is 11.8 Å². The van der Waals surface area contributed by atoms with E-state index < -0.39 is 17.6 Å². The Morgan fingerprint density at radius 2 is 1.90 bits per heavy atom. The number of ketones is 1. The highest BCUT2D eigenvalue weighted by atomic mass is 32.2. The molecule has 8 nitrogen and oxygen atoms in total. The first-order valence-corrected chi connectivity index (χ1v) is 15.8. The van der Waals surface area contributed by atoms with Crippen LogP contribution in [0.1, 0.15) is 70.4 Å². The zero-order valence-electron chi connectivity index (χ0n) is 25.0. The maximum Gasteiger partial charge on any atom is 0.311 e. The van der Waals surface area contributed by atoms with E-state index in [-0.39, 0.29) is 55.6 Å². The molecule has 1 aromatic rings. The van der Waals surface area contributed by atoms with Gasteiger partial charge in [-0.1, -0.05) is 49.8 Å². The number of carbonyl (C=O) groups excluding carboxylic acids is 3. The van der Waals surface area contributed by atoms with Crippen LogP contribution in [0.2, 0.25) is 0 Å². The van der Waals surface area contributed by atoms with E-state index >= 15 is 0 Å². The topological polar surface area (TPSA) is 119 Å². The quantitative estimate of drug-likeness (QED) is 0.134. The number of carbonyl (C=O) groups is 3. The molecular weight excluding hydrogens is 544 g/mol. The Balaban J connectivity index is 1.65. The molecule has 1 aromatic carbocycles. The number of Topliss-reactive ketones (excluding diaryl/α,β-unsaturated/α-hetero) is 1. The van der Waals surface area contributed by atoms with Crippen LogP contribution in [0.25, 0.3) is 0 Å². The lowest BCUT2D eigenvalue weighted by molar-refractivity contribution is -0.159. The van der Waals surface area contributed by atoms with Crippen molar-refractivity contribution in [2.24, 2.45) is 17.3 Å². The van der Waals surface area contributed by atoms with Crippen molar-refractivity contribution in [3.63, 3.8) is 0 Å². The summed E-state index contributed by atoms with van der Waals surface area (Å²) < 4.78 is 15.6. The van der Waals surface area contributed by atoms with Gasteiger partial charge in [0.2, 0.25) is 0 Å². The fourth-order valence-electron chi connectivity index (χ4n) is 5.09. The average molecular weight is 593 g/mol. The van der Waals surface area contributed by atoms with Crippen molar-refractivity contribution in [2.45, 2.75) is 84.5 Å². The molecule has 0 saturated heterocycles. The Morgan fingerprint density at radius 3 is 2.63 bits per heavy atom. The molecule has 2 rings (SSSR count). The lowest BCUT2D eigenvalue weighted by Gasteiger charge is -2.21. The van der Waals surface area contributed by atoms with Crippen molar-refractivity contribution >= 4 is 29.5 Å². The summed E-state index contributed by atoms with van der Waals surface area (Å²) in [6.07, 6.45) is 5.80. The van der Waals surface area contributed by atoms with E-state index in [1.54, 1.807) is 31.0 Å². The summed E-state index contributed by atoms with van der Waals surface area (Å²) in [5.74, 6) is 0.351. The van der Waals surface area contributed by atoms with E-state index in [4.69, 9.17) is 14.2 Å². The third-order valence-corrected chi connectivity index (χ3v) is 8.39. The molecule has 0 bridgehead atoms. The molecule has 1 saturated carbocycles. The number of methoxy groups -OCH3 is 1. The van der Waals surface area contributed by atoms with E-state index in [2.05, 4.69) is 0 Å². The SMILES string of the molecule is CCCC(C)(C)C(=O)OCCOC(=O)CCCSCC[C@H]1C(=O)C[C@@H](O)[C@H]1/C=C/[C@@H](O)Cc1cccc(COC)c1. The lowest BCUT2D eigenvalue weighted by Crippen LogP contribution is -2.27. The minimum absolute atomic E-state index is 0.0514. The van der Waals surface area contributed by atoms with E-state index in [9.17, 15) is 24.6 Å². The monoisotopic (exact) mass is 592 g/mol. The van der Waals surface area contributed by atoms with Crippen molar-refractivity contribution in [1.82, 2.24) is 0 Å². The van der Waals surface area contributed by atoms with Crippen LogP contribution >= 0.6 is 11.8 Å². The zero-order valence-corrected chi connectivity index (χ0v) is 25.8. The van der Waals surface area contributed by atoms with Gasteiger partial charge in [-0.3, -0.25) is 14.4 Å². The van der Waals surface area contributed by atoms with Crippen LogP contribution in [-0.2, 0) is 41.6 Å². The first-order valence-electron chi connectivity index (χ1n) is 14.6. The molecule has 2 N–H and O–H groups in total.